The number of rotatable bonds is 7. The highest BCUT2D eigenvalue weighted by Gasteiger charge is 2.20. The Balaban J connectivity index is 1.47. The summed E-state index contributed by atoms with van der Waals surface area (Å²) in [6.07, 6.45) is 2.95. The molecule has 0 spiro atoms. The van der Waals surface area contributed by atoms with Gasteiger partial charge in [0.05, 0.1) is 3.79 Å². The van der Waals surface area contributed by atoms with Crippen LogP contribution in [0.25, 0.3) is 0 Å². The molecule has 1 aliphatic carbocycles. The van der Waals surface area contributed by atoms with Crippen molar-refractivity contribution in [3.63, 3.8) is 0 Å². The predicted octanol–water partition coefficient (Wildman–Crippen LogP) is 3.74. The summed E-state index contributed by atoms with van der Waals surface area (Å²) in [5.41, 5.74) is 1.39. The molecule has 0 saturated heterocycles. The van der Waals surface area contributed by atoms with Gasteiger partial charge < -0.3 is 5.32 Å². The summed E-state index contributed by atoms with van der Waals surface area (Å²) in [5.74, 6) is 3.69. The zero-order chi connectivity index (χ0) is 10.5. The van der Waals surface area contributed by atoms with E-state index in [1.807, 2.05) is 0 Å². The second kappa shape index (κ2) is 6.28. The van der Waals surface area contributed by atoms with E-state index in [-0.39, 0.29) is 0 Å². The van der Waals surface area contributed by atoms with Crippen molar-refractivity contribution in [3.05, 3.63) is 20.8 Å². The highest BCUT2D eigenvalue weighted by molar-refractivity contribution is 9.11. The Morgan fingerprint density at radius 2 is 2.40 bits per heavy atom. The van der Waals surface area contributed by atoms with Gasteiger partial charge in [0.2, 0.25) is 0 Å². The average Bonchev–Trinajstić information content (AvgIpc) is 2.95. The molecule has 0 atom stereocenters. The van der Waals surface area contributed by atoms with E-state index in [4.69, 9.17) is 0 Å². The van der Waals surface area contributed by atoms with Gasteiger partial charge in [-0.3, -0.25) is 0 Å². The van der Waals surface area contributed by atoms with E-state index >= 15 is 0 Å². The zero-order valence-corrected chi connectivity index (χ0v) is 11.9. The molecular formula is C11H16BrNS2. The summed E-state index contributed by atoms with van der Waals surface area (Å²) >= 11 is 7.33. The van der Waals surface area contributed by atoms with Crippen LogP contribution in [0, 0.1) is 5.92 Å². The molecule has 4 heteroatoms. The summed E-state index contributed by atoms with van der Waals surface area (Å²) in [4.78, 5) is 0. The van der Waals surface area contributed by atoms with E-state index in [2.05, 4.69) is 44.5 Å². The largest absolute Gasteiger partial charge is 0.312 e. The van der Waals surface area contributed by atoms with Gasteiger partial charge in [0.1, 0.15) is 0 Å². The Morgan fingerprint density at radius 3 is 3.07 bits per heavy atom. The summed E-state index contributed by atoms with van der Waals surface area (Å²) in [5, 5.41) is 5.68. The summed E-state index contributed by atoms with van der Waals surface area (Å²) in [6.45, 7) is 2.14. The maximum absolute atomic E-state index is 3.48. The molecule has 0 radical (unpaired) electrons. The number of hydrogen-bond acceptors (Lipinski definition) is 3. The molecule has 0 aliphatic heterocycles. The summed E-state index contributed by atoms with van der Waals surface area (Å²) in [6, 6.07) is 2.19. The third-order valence-corrected chi connectivity index (χ3v) is 5.18. The smallest absolute Gasteiger partial charge is 0.0701 e. The van der Waals surface area contributed by atoms with Crippen molar-refractivity contribution in [3.8, 4) is 0 Å². The topological polar surface area (TPSA) is 12.0 Å². The predicted molar refractivity (Wildman–Crippen MR) is 73.8 cm³/mol. The standard InChI is InChI=1S/C11H16BrNS2/c12-11-5-10(8-15-11)6-13-3-4-14-7-9-1-2-9/h5,8-9,13H,1-4,6-7H2. The fourth-order valence-corrected chi connectivity index (χ4v) is 3.68. The Morgan fingerprint density at radius 1 is 1.53 bits per heavy atom. The second-order valence-electron chi connectivity index (χ2n) is 3.95. The van der Waals surface area contributed by atoms with Gasteiger partial charge in [-0.2, -0.15) is 11.8 Å². The van der Waals surface area contributed by atoms with E-state index in [1.165, 1.54) is 33.7 Å². The number of halogens is 1. The van der Waals surface area contributed by atoms with Crippen LogP contribution in [0.4, 0.5) is 0 Å². The van der Waals surface area contributed by atoms with Gasteiger partial charge >= 0.3 is 0 Å². The van der Waals surface area contributed by atoms with Crippen LogP contribution in [0.3, 0.4) is 0 Å². The number of nitrogens with one attached hydrogen (secondary N) is 1. The van der Waals surface area contributed by atoms with Gasteiger partial charge in [-0.05, 0) is 57.5 Å². The van der Waals surface area contributed by atoms with Crippen molar-refractivity contribution in [2.24, 2.45) is 5.92 Å². The minimum Gasteiger partial charge on any atom is -0.312 e. The van der Waals surface area contributed by atoms with Crippen LogP contribution < -0.4 is 5.32 Å². The third-order valence-electron chi connectivity index (χ3n) is 2.42. The Labute approximate surface area is 108 Å². The lowest BCUT2D eigenvalue weighted by Gasteiger charge is -2.02. The lowest BCUT2D eigenvalue weighted by molar-refractivity contribution is 0.733. The molecule has 1 N–H and O–H groups in total. The fraction of sp³-hybridized carbons (Fsp3) is 0.636. The molecule has 84 valence electrons. The van der Waals surface area contributed by atoms with E-state index in [9.17, 15) is 0 Å². The molecule has 1 aromatic heterocycles. The minimum absolute atomic E-state index is 1.01. The van der Waals surface area contributed by atoms with Crippen molar-refractivity contribution in [2.75, 3.05) is 18.1 Å². The lowest BCUT2D eigenvalue weighted by atomic mass is 10.3. The summed E-state index contributed by atoms with van der Waals surface area (Å²) < 4.78 is 1.22. The molecule has 0 amide bonds. The van der Waals surface area contributed by atoms with E-state index in [0.717, 1.165) is 19.0 Å². The van der Waals surface area contributed by atoms with Crippen LogP contribution in [0.15, 0.2) is 15.2 Å². The summed E-state index contributed by atoms with van der Waals surface area (Å²) in [7, 11) is 0. The highest BCUT2D eigenvalue weighted by atomic mass is 79.9. The van der Waals surface area contributed by atoms with Gasteiger partial charge in [-0.25, -0.2) is 0 Å². The number of hydrogen-bond donors (Lipinski definition) is 1. The second-order valence-corrected chi connectivity index (χ2v) is 7.39. The molecule has 1 aliphatic rings. The molecule has 1 heterocycles. The van der Waals surface area contributed by atoms with Crippen molar-refractivity contribution >= 4 is 39.0 Å². The van der Waals surface area contributed by atoms with Gasteiger partial charge in [-0.15, -0.1) is 11.3 Å². The molecule has 0 aromatic carbocycles. The normalized spacial score (nSPS) is 15.8. The molecule has 1 aromatic rings. The molecule has 15 heavy (non-hydrogen) atoms. The number of thioether (sulfide) groups is 1. The van der Waals surface area contributed by atoms with E-state index in [1.54, 1.807) is 11.3 Å². The molecular weight excluding hydrogens is 290 g/mol. The monoisotopic (exact) mass is 305 g/mol. The van der Waals surface area contributed by atoms with Crippen LogP contribution in [0.2, 0.25) is 0 Å². The lowest BCUT2D eigenvalue weighted by Crippen LogP contribution is -2.16. The highest BCUT2D eigenvalue weighted by Crippen LogP contribution is 2.32. The fourth-order valence-electron chi connectivity index (χ4n) is 1.35. The van der Waals surface area contributed by atoms with E-state index < -0.39 is 0 Å². The Hall–Kier alpha value is 0.490. The SMILES string of the molecule is Brc1cc(CNCCSCC2CC2)cs1. The Bertz CT molecular complexity index is 297. The molecule has 1 nitrogen and oxygen atoms in total. The first-order chi connectivity index (χ1) is 7.34. The molecule has 0 bridgehead atoms. The first-order valence-electron chi connectivity index (χ1n) is 5.36. The molecule has 1 fully saturated rings. The minimum atomic E-state index is 1.01. The maximum Gasteiger partial charge on any atom is 0.0701 e. The van der Waals surface area contributed by atoms with Crippen LogP contribution >= 0.6 is 39.0 Å². The quantitative estimate of drug-likeness (QED) is 0.770. The number of thiophene rings is 1. The maximum atomic E-state index is 3.48. The van der Waals surface area contributed by atoms with Crippen LogP contribution in [-0.2, 0) is 6.54 Å². The van der Waals surface area contributed by atoms with E-state index in [0.29, 0.717) is 0 Å². The van der Waals surface area contributed by atoms with Gasteiger partial charge in [0.25, 0.3) is 0 Å². The zero-order valence-electron chi connectivity index (χ0n) is 8.67. The molecule has 1 saturated carbocycles. The molecule has 0 unspecified atom stereocenters. The third kappa shape index (κ3) is 4.89. The molecule has 2 rings (SSSR count). The van der Waals surface area contributed by atoms with Crippen molar-refractivity contribution in [1.82, 2.24) is 5.32 Å². The van der Waals surface area contributed by atoms with Crippen molar-refractivity contribution < 1.29 is 0 Å². The van der Waals surface area contributed by atoms with Crippen LogP contribution in [0.1, 0.15) is 18.4 Å². The Kier molecular flexibility index (Phi) is 5.01. The average molecular weight is 306 g/mol. The van der Waals surface area contributed by atoms with Crippen molar-refractivity contribution in [2.45, 2.75) is 19.4 Å². The first kappa shape index (κ1) is 12.0. The van der Waals surface area contributed by atoms with Gasteiger partial charge in [-0.1, -0.05) is 0 Å². The van der Waals surface area contributed by atoms with Gasteiger partial charge in [0.15, 0.2) is 0 Å². The van der Waals surface area contributed by atoms with Crippen LogP contribution in [0.5, 0.6) is 0 Å². The van der Waals surface area contributed by atoms with Crippen LogP contribution in [-0.4, -0.2) is 18.1 Å². The van der Waals surface area contributed by atoms with Gasteiger partial charge in [0, 0.05) is 18.8 Å². The van der Waals surface area contributed by atoms with Crippen molar-refractivity contribution in [1.29, 1.82) is 0 Å². The first-order valence-corrected chi connectivity index (χ1v) is 8.18.